The lowest BCUT2D eigenvalue weighted by Gasteiger charge is -2.33. The number of ether oxygens (including phenoxy) is 2. The van der Waals surface area contributed by atoms with E-state index >= 15 is 0 Å². The van der Waals surface area contributed by atoms with Crippen LogP contribution in [-0.4, -0.2) is 80.0 Å². The molecule has 2 amide bonds. The van der Waals surface area contributed by atoms with Gasteiger partial charge >= 0.3 is 12.0 Å². The minimum absolute atomic E-state index is 0.162. The van der Waals surface area contributed by atoms with E-state index in [1.54, 1.807) is 24.0 Å². The largest absolute Gasteiger partial charge is 0.481 e. The smallest absolute Gasteiger partial charge is 0.320 e. The Morgan fingerprint density at radius 2 is 2.05 bits per heavy atom. The van der Waals surface area contributed by atoms with Crippen LogP contribution in [0.15, 0.2) is 0 Å². The van der Waals surface area contributed by atoms with E-state index in [0.29, 0.717) is 19.7 Å². The standard InChI is InChI=1S/C13H24N2O5/c1-4-5-15(13(18)14(2)6-7-19-3)11-9-20-8-10(11)12(16)17/h10-11H,4-9H2,1-3H3,(H,16,17). The van der Waals surface area contributed by atoms with Gasteiger partial charge in [-0.1, -0.05) is 6.92 Å². The normalized spacial score (nSPS) is 21.8. The van der Waals surface area contributed by atoms with Crippen molar-refractivity contribution in [2.45, 2.75) is 19.4 Å². The SMILES string of the molecule is CCCN(C(=O)N(C)CCOC)C1COCC1C(=O)O. The van der Waals surface area contributed by atoms with E-state index < -0.39 is 17.9 Å². The highest BCUT2D eigenvalue weighted by molar-refractivity contribution is 5.77. The number of methoxy groups -OCH3 is 1. The number of rotatable bonds is 7. The van der Waals surface area contributed by atoms with Gasteiger partial charge < -0.3 is 24.4 Å². The molecule has 2 unspecified atom stereocenters. The van der Waals surface area contributed by atoms with Gasteiger partial charge in [-0.05, 0) is 6.42 Å². The molecule has 0 aliphatic carbocycles. The van der Waals surface area contributed by atoms with Crippen molar-refractivity contribution in [3.8, 4) is 0 Å². The second-order valence-corrected chi connectivity index (χ2v) is 4.94. The average molecular weight is 288 g/mol. The van der Waals surface area contributed by atoms with Crippen LogP contribution in [0.25, 0.3) is 0 Å². The minimum atomic E-state index is -0.916. The first-order valence-corrected chi connectivity index (χ1v) is 6.84. The molecule has 0 radical (unpaired) electrons. The van der Waals surface area contributed by atoms with Crippen molar-refractivity contribution in [3.05, 3.63) is 0 Å². The fourth-order valence-corrected chi connectivity index (χ4v) is 2.27. The third-order valence-electron chi connectivity index (χ3n) is 3.44. The first kappa shape index (κ1) is 16.7. The molecular formula is C13H24N2O5. The molecule has 7 heteroatoms. The summed E-state index contributed by atoms with van der Waals surface area (Å²) < 4.78 is 10.2. The molecule has 0 bridgehead atoms. The van der Waals surface area contributed by atoms with Crippen LogP contribution < -0.4 is 0 Å². The predicted molar refractivity (Wildman–Crippen MR) is 72.6 cm³/mol. The van der Waals surface area contributed by atoms with Crippen LogP contribution in [0, 0.1) is 5.92 Å². The van der Waals surface area contributed by atoms with E-state index in [4.69, 9.17) is 9.47 Å². The van der Waals surface area contributed by atoms with Crippen molar-refractivity contribution in [2.24, 2.45) is 5.92 Å². The van der Waals surface area contributed by atoms with Crippen molar-refractivity contribution < 1.29 is 24.2 Å². The van der Waals surface area contributed by atoms with Crippen LogP contribution in [0.1, 0.15) is 13.3 Å². The fraction of sp³-hybridized carbons (Fsp3) is 0.846. The van der Waals surface area contributed by atoms with Crippen molar-refractivity contribution in [1.82, 2.24) is 9.80 Å². The van der Waals surface area contributed by atoms with Crippen molar-refractivity contribution in [2.75, 3.05) is 47.1 Å². The Bertz CT molecular complexity index is 337. The van der Waals surface area contributed by atoms with Crippen LogP contribution in [0.4, 0.5) is 4.79 Å². The van der Waals surface area contributed by atoms with Crippen molar-refractivity contribution in [1.29, 1.82) is 0 Å². The van der Waals surface area contributed by atoms with Gasteiger partial charge in [0, 0.05) is 27.2 Å². The third-order valence-corrected chi connectivity index (χ3v) is 3.44. The van der Waals surface area contributed by atoms with E-state index in [1.807, 2.05) is 6.92 Å². The van der Waals surface area contributed by atoms with E-state index in [9.17, 15) is 14.7 Å². The molecule has 1 rings (SSSR count). The number of carboxylic acid groups (broad SMARTS) is 1. The summed E-state index contributed by atoms with van der Waals surface area (Å²) in [5.74, 6) is -1.57. The summed E-state index contributed by atoms with van der Waals surface area (Å²) in [5.41, 5.74) is 0. The number of hydrogen-bond acceptors (Lipinski definition) is 4. The number of carbonyl (C=O) groups excluding carboxylic acids is 1. The molecule has 116 valence electrons. The molecule has 1 saturated heterocycles. The molecule has 1 heterocycles. The zero-order valence-electron chi connectivity index (χ0n) is 12.4. The monoisotopic (exact) mass is 288 g/mol. The third kappa shape index (κ3) is 4.08. The van der Waals surface area contributed by atoms with Gasteiger partial charge in [-0.15, -0.1) is 0 Å². The maximum Gasteiger partial charge on any atom is 0.320 e. The van der Waals surface area contributed by atoms with Gasteiger partial charge in [0.15, 0.2) is 0 Å². The molecular weight excluding hydrogens is 264 g/mol. The van der Waals surface area contributed by atoms with E-state index in [1.165, 1.54) is 0 Å². The maximum absolute atomic E-state index is 12.4. The number of amides is 2. The van der Waals surface area contributed by atoms with Crippen LogP contribution in [0.2, 0.25) is 0 Å². The molecule has 0 saturated carbocycles. The molecule has 0 aromatic rings. The number of aliphatic carboxylic acids is 1. The second-order valence-electron chi connectivity index (χ2n) is 4.94. The molecule has 0 aromatic heterocycles. The Morgan fingerprint density at radius 1 is 1.35 bits per heavy atom. The van der Waals surface area contributed by atoms with Crippen molar-refractivity contribution >= 4 is 12.0 Å². The van der Waals surface area contributed by atoms with E-state index in [2.05, 4.69) is 0 Å². The molecule has 1 aliphatic rings. The number of hydrogen-bond donors (Lipinski definition) is 1. The minimum Gasteiger partial charge on any atom is -0.481 e. The summed E-state index contributed by atoms with van der Waals surface area (Å²) in [5, 5.41) is 9.21. The summed E-state index contributed by atoms with van der Waals surface area (Å²) >= 11 is 0. The Balaban J connectivity index is 2.76. The molecule has 0 aromatic carbocycles. The Morgan fingerprint density at radius 3 is 2.60 bits per heavy atom. The zero-order valence-corrected chi connectivity index (χ0v) is 12.4. The molecule has 0 spiro atoms. The quantitative estimate of drug-likeness (QED) is 0.738. The maximum atomic E-state index is 12.4. The van der Waals surface area contributed by atoms with Gasteiger partial charge in [-0.2, -0.15) is 0 Å². The Kier molecular flexibility index (Phi) is 6.74. The Hall–Kier alpha value is -1.34. The lowest BCUT2D eigenvalue weighted by Crippen LogP contribution is -2.51. The second kappa shape index (κ2) is 8.06. The summed E-state index contributed by atoms with van der Waals surface area (Å²) in [6.45, 7) is 3.84. The van der Waals surface area contributed by atoms with Crippen molar-refractivity contribution in [3.63, 3.8) is 0 Å². The zero-order chi connectivity index (χ0) is 15.1. The van der Waals surface area contributed by atoms with Gasteiger partial charge in [0.1, 0.15) is 5.92 Å². The molecule has 20 heavy (non-hydrogen) atoms. The first-order chi connectivity index (χ1) is 9.52. The Labute approximate surface area is 119 Å². The predicted octanol–water partition coefficient (Wildman–Crippen LogP) is 0.496. The number of likely N-dealkylation sites (N-methyl/N-ethyl adjacent to an activating group) is 1. The lowest BCUT2D eigenvalue weighted by molar-refractivity contribution is -0.142. The van der Waals surface area contributed by atoms with E-state index in [0.717, 1.165) is 6.42 Å². The summed E-state index contributed by atoms with van der Waals surface area (Å²) in [6.07, 6.45) is 0.771. The molecule has 7 nitrogen and oxygen atoms in total. The average Bonchev–Trinajstić information content (AvgIpc) is 2.90. The fourth-order valence-electron chi connectivity index (χ4n) is 2.27. The van der Waals surface area contributed by atoms with Crippen LogP contribution >= 0.6 is 0 Å². The number of carbonyl (C=O) groups is 2. The van der Waals surface area contributed by atoms with Crippen LogP contribution in [0.5, 0.6) is 0 Å². The van der Waals surface area contributed by atoms with Gasteiger partial charge in [0.25, 0.3) is 0 Å². The first-order valence-electron chi connectivity index (χ1n) is 6.84. The number of urea groups is 1. The number of nitrogens with zero attached hydrogens (tertiary/aromatic N) is 2. The van der Waals surface area contributed by atoms with E-state index in [-0.39, 0.29) is 19.2 Å². The topological polar surface area (TPSA) is 79.3 Å². The van der Waals surface area contributed by atoms with Gasteiger partial charge in [-0.25, -0.2) is 4.79 Å². The van der Waals surface area contributed by atoms with Gasteiger partial charge in [0.05, 0.1) is 25.9 Å². The summed E-state index contributed by atoms with van der Waals surface area (Å²) in [4.78, 5) is 26.8. The molecule has 1 aliphatic heterocycles. The highest BCUT2D eigenvalue weighted by Gasteiger charge is 2.40. The molecule has 1 N–H and O–H groups in total. The molecule has 2 atom stereocenters. The lowest BCUT2D eigenvalue weighted by atomic mass is 10.0. The van der Waals surface area contributed by atoms with Gasteiger partial charge in [-0.3, -0.25) is 4.79 Å². The number of carboxylic acids is 1. The van der Waals surface area contributed by atoms with Crippen LogP contribution in [0.3, 0.4) is 0 Å². The highest BCUT2D eigenvalue weighted by atomic mass is 16.5. The molecule has 1 fully saturated rings. The van der Waals surface area contributed by atoms with Crippen LogP contribution in [-0.2, 0) is 14.3 Å². The van der Waals surface area contributed by atoms with Gasteiger partial charge in [0.2, 0.25) is 0 Å². The highest BCUT2D eigenvalue weighted by Crippen LogP contribution is 2.21. The summed E-state index contributed by atoms with van der Waals surface area (Å²) in [7, 11) is 3.27. The summed E-state index contributed by atoms with van der Waals surface area (Å²) in [6, 6.07) is -0.574.